The summed E-state index contributed by atoms with van der Waals surface area (Å²) in [5.41, 5.74) is 1.80. The van der Waals surface area contributed by atoms with E-state index in [-0.39, 0.29) is 5.69 Å². The van der Waals surface area contributed by atoms with E-state index in [1.54, 1.807) is 31.2 Å². The molecule has 2 aromatic carbocycles. The zero-order valence-corrected chi connectivity index (χ0v) is 14.6. The zero-order chi connectivity index (χ0) is 16.3. The van der Waals surface area contributed by atoms with Crippen molar-refractivity contribution < 1.29 is 4.92 Å². The molecule has 0 atom stereocenters. The van der Waals surface area contributed by atoms with Gasteiger partial charge >= 0.3 is 0 Å². The summed E-state index contributed by atoms with van der Waals surface area (Å²) in [5.74, 6) is 0. The smallest absolute Gasteiger partial charge is 0.274 e. The average Bonchev–Trinajstić information content (AvgIpc) is 2.44. The van der Waals surface area contributed by atoms with Gasteiger partial charge in [0.25, 0.3) is 5.69 Å². The van der Waals surface area contributed by atoms with Crippen LogP contribution in [0.1, 0.15) is 5.56 Å². The molecule has 2 N–H and O–H groups in total. The minimum atomic E-state index is -0.428. The number of halogens is 2. The summed E-state index contributed by atoms with van der Waals surface area (Å²) < 4.78 is 0.857. The Balaban J connectivity index is 2.12. The fraction of sp³-hybridized carbons (Fsp3) is 0.0714. The van der Waals surface area contributed by atoms with E-state index in [4.69, 9.17) is 23.8 Å². The summed E-state index contributed by atoms with van der Waals surface area (Å²) in [6.07, 6.45) is 0. The van der Waals surface area contributed by atoms with E-state index >= 15 is 0 Å². The number of nitro benzene ring substituents is 1. The predicted molar refractivity (Wildman–Crippen MR) is 96.8 cm³/mol. The molecule has 5 nitrogen and oxygen atoms in total. The lowest BCUT2D eigenvalue weighted by atomic mass is 10.2. The Morgan fingerprint density at radius 2 is 2.00 bits per heavy atom. The van der Waals surface area contributed by atoms with Gasteiger partial charge < -0.3 is 10.6 Å². The van der Waals surface area contributed by atoms with Crippen LogP contribution in [-0.2, 0) is 0 Å². The van der Waals surface area contributed by atoms with Crippen LogP contribution >= 0.6 is 39.7 Å². The van der Waals surface area contributed by atoms with Gasteiger partial charge in [-0.25, -0.2) is 0 Å². The van der Waals surface area contributed by atoms with Gasteiger partial charge in [0.2, 0.25) is 0 Å². The summed E-state index contributed by atoms with van der Waals surface area (Å²) in [7, 11) is 0. The van der Waals surface area contributed by atoms with Gasteiger partial charge in [-0.05, 0) is 43.4 Å². The lowest BCUT2D eigenvalue weighted by Crippen LogP contribution is -2.19. The molecule has 8 heteroatoms. The van der Waals surface area contributed by atoms with Crippen LogP contribution in [0.2, 0.25) is 5.02 Å². The first-order valence-corrected chi connectivity index (χ1v) is 7.73. The number of nitro groups is 1. The van der Waals surface area contributed by atoms with Crippen LogP contribution < -0.4 is 10.6 Å². The van der Waals surface area contributed by atoms with E-state index in [2.05, 4.69) is 26.6 Å². The van der Waals surface area contributed by atoms with Crippen molar-refractivity contribution in [3.63, 3.8) is 0 Å². The standard InChI is InChI=1S/C14H11BrClN3O2S/c1-8-2-4-10(7-13(8)19(20)21)17-14(22)18-12-5-3-9(15)6-11(12)16/h2-7H,1H3,(H2,17,18,22). The summed E-state index contributed by atoms with van der Waals surface area (Å²) in [6, 6.07) is 10.2. The van der Waals surface area contributed by atoms with Crippen LogP contribution in [0.3, 0.4) is 0 Å². The molecule has 0 saturated carbocycles. The van der Waals surface area contributed by atoms with Gasteiger partial charge in [0.05, 0.1) is 15.6 Å². The number of hydrogen-bond donors (Lipinski definition) is 2. The third-order valence-electron chi connectivity index (χ3n) is 2.84. The maximum atomic E-state index is 10.9. The summed E-state index contributed by atoms with van der Waals surface area (Å²) in [5, 5.41) is 17.6. The van der Waals surface area contributed by atoms with Crippen molar-refractivity contribution in [1.29, 1.82) is 0 Å². The lowest BCUT2D eigenvalue weighted by Gasteiger charge is -2.12. The number of rotatable bonds is 3. The highest BCUT2D eigenvalue weighted by Gasteiger charge is 2.12. The Morgan fingerprint density at radius 3 is 2.64 bits per heavy atom. The van der Waals surface area contributed by atoms with Gasteiger partial charge in [0, 0.05) is 21.8 Å². The SMILES string of the molecule is Cc1ccc(NC(=S)Nc2ccc(Br)cc2Cl)cc1[N+](=O)[O-]. The number of hydrogen-bond acceptors (Lipinski definition) is 3. The van der Waals surface area contributed by atoms with E-state index in [0.717, 1.165) is 4.47 Å². The van der Waals surface area contributed by atoms with E-state index in [9.17, 15) is 10.1 Å². The predicted octanol–water partition coefficient (Wildman–Crippen LogP) is 5.13. The Labute approximate surface area is 146 Å². The van der Waals surface area contributed by atoms with Crippen molar-refractivity contribution in [1.82, 2.24) is 0 Å². The number of aryl methyl sites for hydroxylation is 1. The number of anilines is 2. The summed E-state index contributed by atoms with van der Waals surface area (Å²) in [6.45, 7) is 1.68. The Hall–Kier alpha value is -1.70. The molecule has 0 saturated heterocycles. The molecule has 114 valence electrons. The van der Waals surface area contributed by atoms with Gasteiger partial charge in [-0.1, -0.05) is 33.6 Å². The third-order valence-corrected chi connectivity index (χ3v) is 3.85. The first-order chi connectivity index (χ1) is 10.4. The Morgan fingerprint density at radius 1 is 1.27 bits per heavy atom. The molecule has 0 aliphatic rings. The fourth-order valence-electron chi connectivity index (χ4n) is 1.76. The normalized spacial score (nSPS) is 10.1. The molecule has 0 unspecified atom stereocenters. The molecule has 0 aliphatic carbocycles. The molecule has 0 heterocycles. The van der Waals surface area contributed by atoms with Crippen molar-refractivity contribution in [2.45, 2.75) is 6.92 Å². The maximum Gasteiger partial charge on any atom is 0.274 e. The zero-order valence-electron chi connectivity index (χ0n) is 11.4. The van der Waals surface area contributed by atoms with Crippen LogP contribution in [0.5, 0.6) is 0 Å². The summed E-state index contributed by atoms with van der Waals surface area (Å²) in [4.78, 5) is 10.5. The van der Waals surface area contributed by atoms with Crippen molar-refractivity contribution in [2.24, 2.45) is 0 Å². The highest BCUT2D eigenvalue weighted by atomic mass is 79.9. The number of benzene rings is 2. The molecule has 0 spiro atoms. The van der Waals surface area contributed by atoms with Crippen LogP contribution in [0, 0.1) is 17.0 Å². The largest absolute Gasteiger partial charge is 0.332 e. The van der Waals surface area contributed by atoms with Gasteiger partial charge in [-0.15, -0.1) is 0 Å². The second-order valence-electron chi connectivity index (χ2n) is 4.46. The highest BCUT2D eigenvalue weighted by Crippen LogP contribution is 2.26. The summed E-state index contributed by atoms with van der Waals surface area (Å²) >= 11 is 14.6. The number of nitrogens with zero attached hydrogens (tertiary/aromatic N) is 1. The molecule has 2 aromatic rings. The van der Waals surface area contributed by atoms with E-state index < -0.39 is 4.92 Å². The van der Waals surface area contributed by atoms with Gasteiger partial charge in [0.15, 0.2) is 5.11 Å². The quantitative estimate of drug-likeness (QED) is 0.425. The first kappa shape index (κ1) is 16.7. The molecule has 0 bridgehead atoms. The molecule has 0 fully saturated rings. The lowest BCUT2D eigenvalue weighted by molar-refractivity contribution is -0.385. The molecule has 22 heavy (non-hydrogen) atoms. The van der Waals surface area contributed by atoms with Crippen molar-refractivity contribution in [2.75, 3.05) is 10.6 Å². The molecule has 0 amide bonds. The van der Waals surface area contributed by atoms with Crippen molar-refractivity contribution >= 4 is 61.9 Å². The first-order valence-electron chi connectivity index (χ1n) is 6.15. The molecular formula is C14H11BrClN3O2S. The third kappa shape index (κ3) is 4.16. The van der Waals surface area contributed by atoms with E-state index in [1.165, 1.54) is 6.07 Å². The molecular weight excluding hydrogens is 390 g/mol. The van der Waals surface area contributed by atoms with Crippen molar-refractivity contribution in [3.8, 4) is 0 Å². The fourth-order valence-corrected chi connectivity index (χ4v) is 2.71. The average molecular weight is 401 g/mol. The molecule has 2 rings (SSSR count). The molecule has 0 aliphatic heterocycles. The van der Waals surface area contributed by atoms with Gasteiger partial charge in [-0.2, -0.15) is 0 Å². The van der Waals surface area contributed by atoms with Crippen LogP contribution in [0.15, 0.2) is 40.9 Å². The number of nitrogens with one attached hydrogen (secondary N) is 2. The van der Waals surface area contributed by atoms with Gasteiger partial charge in [-0.3, -0.25) is 10.1 Å². The topological polar surface area (TPSA) is 67.2 Å². The molecule has 0 radical (unpaired) electrons. The molecule has 0 aromatic heterocycles. The van der Waals surface area contributed by atoms with Crippen molar-refractivity contribution in [3.05, 3.63) is 61.6 Å². The van der Waals surface area contributed by atoms with E-state index in [1.807, 2.05) is 6.07 Å². The van der Waals surface area contributed by atoms with Crippen LogP contribution in [0.25, 0.3) is 0 Å². The monoisotopic (exact) mass is 399 g/mol. The Kier molecular flexibility index (Phi) is 5.33. The highest BCUT2D eigenvalue weighted by molar-refractivity contribution is 9.10. The van der Waals surface area contributed by atoms with Crippen LogP contribution in [-0.4, -0.2) is 10.0 Å². The Bertz CT molecular complexity index is 755. The second-order valence-corrected chi connectivity index (χ2v) is 6.19. The number of thiocarbonyl (C=S) groups is 1. The van der Waals surface area contributed by atoms with Gasteiger partial charge in [0.1, 0.15) is 0 Å². The van der Waals surface area contributed by atoms with Crippen LogP contribution in [0.4, 0.5) is 17.1 Å². The van der Waals surface area contributed by atoms with E-state index in [0.29, 0.717) is 27.1 Å². The second kappa shape index (κ2) is 7.04. The minimum absolute atomic E-state index is 0.0366. The maximum absolute atomic E-state index is 10.9. The minimum Gasteiger partial charge on any atom is -0.332 e.